The van der Waals surface area contributed by atoms with Crippen molar-refractivity contribution in [1.29, 1.82) is 0 Å². The lowest BCUT2D eigenvalue weighted by atomic mass is 10.2. The number of benzene rings is 1. The Bertz CT molecular complexity index is 788. The fourth-order valence-corrected chi connectivity index (χ4v) is 2.21. The van der Waals surface area contributed by atoms with E-state index in [1.54, 1.807) is 18.2 Å². The van der Waals surface area contributed by atoms with Gasteiger partial charge in [0.25, 0.3) is 0 Å². The number of methoxy groups -OCH3 is 1. The molecule has 1 aliphatic rings. The van der Waals surface area contributed by atoms with Gasteiger partial charge in [0.2, 0.25) is 5.91 Å². The minimum Gasteiger partial charge on any atom is -0.486 e. The Morgan fingerprint density at radius 2 is 2.17 bits per heavy atom. The molecule has 0 unspecified atom stereocenters. The zero-order valence-corrected chi connectivity index (χ0v) is 12.7. The smallest absolute Gasteiger partial charge is 0.350 e. The summed E-state index contributed by atoms with van der Waals surface area (Å²) in [7, 11) is 1.27. The standard InChI is InChI=1S/C14H14N4O6/c1-22-14-10(18(20)21)7-17(16-14)8-13(19)15-9-2-3-11-12(6-9)24-5-4-23-11/h2-3,6-7H,4-5,8H2,1H3,(H,15,19). The van der Waals surface area contributed by atoms with Crippen molar-refractivity contribution in [2.24, 2.45) is 0 Å². The number of anilines is 1. The van der Waals surface area contributed by atoms with Crippen molar-refractivity contribution in [2.75, 3.05) is 25.6 Å². The van der Waals surface area contributed by atoms with Gasteiger partial charge in [-0.1, -0.05) is 0 Å². The average molecular weight is 334 g/mol. The summed E-state index contributed by atoms with van der Waals surface area (Å²) in [5.41, 5.74) is 0.225. The van der Waals surface area contributed by atoms with Crippen molar-refractivity contribution < 1.29 is 23.9 Å². The third kappa shape index (κ3) is 3.21. The summed E-state index contributed by atoms with van der Waals surface area (Å²) in [5, 5.41) is 17.4. The summed E-state index contributed by atoms with van der Waals surface area (Å²) >= 11 is 0. The molecule has 0 aliphatic carbocycles. The van der Waals surface area contributed by atoms with Gasteiger partial charge < -0.3 is 19.5 Å². The normalized spacial score (nSPS) is 12.5. The van der Waals surface area contributed by atoms with E-state index in [1.807, 2.05) is 0 Å². The molecule has 2 heterocycles. The molecule has 1 amide bonds. The average Bonchev–Trinajstić information content (AvgIpc) is 2.97. The van der Waals surface area contributed by atoms with Crippen LogP contribution in [0.25, 0.3) is 0 Å². The monoisotopic (exact) mass is 334 g/mol. The topological polar surface area (TPSA) is 118 Å². The minimum atomic E-state index is -0.624. The predicted octanol–water partition coefficient (Wildman–Crippen LogP) is 1.21. The molecule has 0 fully saturated rings. The number of aromatic nitrogens is 2. The van der Waals surface area contributed by atoms with Gasteiger partial charge in [0.05, 0.1) is 12.0 Å². The highest BCUT2D eigenvalue weighted by Crippen LogP contribution is 2.32. The van der Waals surface area contributed by atoms with E-state index in [9.17, 15) is 14.9 Å². The van der Waals surface area contributed by atoms with Crippen LogP contribution < -0.4 is 19.5 Å². The lowest BCUT2D eigenvalue weighted by Crippen LogP contribution is -2.20. The fraction of sp³-hybridized carbons (Fsp3) is 0.286. The van der Waals surface area contributed by atoms with Crippen LogP contribution in [0, 0.1) is 10.1 Å². The van der Waals surface area contributed by atoms with Gasteiger partial charge in [0.1, 0.15) is 26.0 Å². The van der Waals surface area contributed by atoms with E-state index in [0.29, 0.717) is 30.4 Å². The lowest BCUT2D eigenvalue weighted by Gasteiger charge is -2.19. The van der Waals surface area contributed by atoms with Crippen molar-refractivity contribution in [3.63, 3.8) is 0 Å². The molecule has 1 aromatic carbocycles. The van der Waals surface area contributed by atoms with Gasteiger partial charge in [-0.2, -0.15) is 0 Å². The third-order valence-electron chi connectivity index (χ3n) is 3.23. The number of amides is 1. The van der Waals surface area contributed by atoms with Gasteiger partial charge >= 0.3 is 11.6 Å². The molecule has 10 heteroatoms. The van der Waals surface area contributed by atoms with Gasteiger partial charge in [-0.3, -0.25) is 19.6 Å². The molecule has 10 nitrogen and oxygen atoms in total. The van der Waals surface area contributed by atoms with E-state index in [2.05, 4.69) is 10.4 Å². The van der Waals surface area contributed by atoms with E-state index >= 15 is 0 Å². The summed E-state index contributed by atoms with van der Waals surface area (Å²) in [5.74, 6) is 0.626. The number of carbonyl (C=O) groups is 1. The summed E-state index contributed by atoms with van der Waals surface area (Å²) in [6.07, 6.45) is 1.14. The second-order valence-electron chi connectivity index (χ2n) is 4.88. The Morgan fingerprint density at radius 1 is 1.42 bits per heavy atom. The maximum absolute atomic E-state index is 12.1. The first-order valence-corrected chi connectivity index (χ1v) is 7.02. The van der Waals surface area contributed by atoms with Crippen molar-refractivity contribution in [1.82, 2.24) is 9.78 Å². The highest BCUT2D eigenvalue weighted by atomic mass is 16.6. The van der Waals surface area contributed by atoms with E-state index < -0.39 is 10.8 Å². The van der Waals surface area contributed by atoms with Crippen molar-refractivity contribution in [2.45, 2.75) is 6.54 Å². The van der Waals surface area contributed by atoms with Gasteiger partial charge in [-0.25, -0.2) is 0 Å². The van der Waals surface area contributed by atoms with Crippen LogP contribution in [-0.4, -0.2) is 40.9 Å². The second-order valence-corrected chi connectivity index (χ2v) is 4.88. The molecule has 1 aromatic heterocycles. The Hall–Kier alpha value is -3.30. The summed E-state index contributed by atoms with van der Waals surface area (Å²) in [6, 6.07) is 5.03. The van der Waals surface area contributed by atoms with Gasteiger partial charge in [-0.05, 0) is 12.1 Å². The molecule has 0 atom stereocenters. The highest BCUT2D eigenvalue weighted by Gasteiger charge is 2.21. The third-order valence-corrected chi connectivity index (χ3v) is 3.23. The van der Waals surface area contributed by atoms with Crippen molar-refractivity contribution in [3.8, 4) is 17.4 Å². The number of hydrogen-bond donors (Lipinski definition) is 1. The van der Waals surface area contributed by atoms with E-state index in [4.69, 9.17) is 14.2 Å². The van der Waals surface area contributed by atoms with Crippen LogP contribution in [0.5, 0.6) is 17.4 Å². The minimum absolute atomic E-state index is 0.146. The van der Waals surface area contributed by atoms with Gasteiger partial charge in [0, 0.05) is 11.8 Å². The number of nitro groups is 1. The predicted molar refractivity (Wildman–Crippen MR) is 81.5 cm³/mol. The molecular weight excluding hydrogens is 320 g/mol. The highest BCUT2D eigenvalue weighted by molar-refractivity contribution is 5.90. The molecule has 0 bridgehead atoms. The number of nitrogens with zero attached hydrogens (tertiary/aromatic N) is 3. The zero-order chi connectivity index (χ0) is 17.1. The van der Waals surface area contributed by atoms with Crippen LogP contribution in [0.15, 0.2) is 24.4 Å². The van der Waals surface area contributed by atoms with Crippen LogP contribution in [-0.2, 0) is 11.3 Å². The van der Waals surface area contributed by atoms with Crippen molar-refractivity contribution in [3.05, 3.63) is 34.5 Å². The number of ether oxygens (including phenoxy) is 3. The number of nitrogens with one attached hydrogen (secondary N) is 1. The largest absolute Gasteiger partial charge is 0.486 e. The maximum Gasteiger partial charge on any atom is 0.350 e. The van der Waals surface area contributed by atoms with Crippen molar-refractivity contribution >= 4 is 17.3 Å². The Morgan fingerprint density at radius 3 is 2.83 bits per heavy atom. The summed E-state index contributed by atoms with van der Waals surface area (Å²) in [6.45, 7) is 0.735. The van der Waals surface area contributed by atoms with Crippen LogP contribution in [0.4, 0.5) is 11.4 Å². The van der Waals surface area contributed by atoms with Crippen LogP contribution in [0.1, 0.15) is 0 Å². The Labute approximate surface area is 136 Å². The quantitative estimate of drug-likeness (QED) is 0.645. The molecule has 0 saturated heterocycles. The molecule has 0 saturated carbocycles. The van der Waals surface area contributed by atoms with Crippen LogP contribution in [0.2, 0.25) is 0 Å². The Kier molecular flexibility index (Phi) is 4.18. The van der Waals surface area contributed by atoms with Crippen LogP contribution in [0.3, 0.4) is 0 Å². The molecule has 0 spiro atoms. The number of carbonyl (C=O) groups excluding carboxylic acids is 1. The lowest BCUT2D eigenvalue weighted by molar-refractivity contribution is -0.385. The number of fused-ring (bicyclic) bond motifs is 1. The Balaban J connectivity index is 1.68. The summed E-state index contributed by atoms with van der Waals surface area (Å²) in [4.78, 5) is 22.3. The van der Waals surface area contributed by atoms with E-state index in [1.165, 1.54) is 7.11 Å². The number of rotatable bonds is 5. The fourth-order valence-electron chi connectivity index (χ4n) is 2.21. The molecule has 3 rings (SSSR count). The summed E-state index contributed by atoms with van der Waals surface area (Å²) < 4.78 is 16.8. The molecule has 126 valence electrons. The van der Waals surface area contributed by atoms with Crippen LogP contribution >= 0.6 is 0 Å². The van der Waals surface area contributed by atoms with Gasteiger partial charge in [-0.15, -0.1) is 5.10 Å². The molecular formula is C14H14N4O6. The maximum atomic E-state index is 12.1. The molecule has 0 radical (unpaired) electrons. The molecule has 1 N–H and O–H groups in total. The molecule has 1 aliphatic heterocycles. The van der Waals surface area contributed by atoms with E-state index in [0.717, 1.165) is 10.9 Å². The van der Waals surface area contributed by atoms with E-state index in [-0.39, 0.29) is 18.1 Å². The second kappa shape index (κ2) is 6.44. The first-order chi connectivity index (χ1) is 11.6. The number of hydrogen-bond acceptors (Lipinski definition) is 7. The molecule has 24 heavy (non-hydrogen) atoms. The van der Waals surface area contributed by atoms with Gasteiger partial charge in [0.15, 0.2) is 11.5 Å². The first kappa shape index (κ1) is 15.6. The SMILES string of the molecule is COc1nn(CC(=O)Nc2ccc3c(c2)OCCO3)cc1[N+](=O)[O-]. The zero-order valence-electron chi connectivity index (χ0n) is 12.7. The first-order valence-electron chi connectivity index (χ1n) is 7.02. The molecule has 2 aromatic rings.